The van der Waals surface area contributed by atoms with E-state index in [9.17, 15) is 9.90 Å². The predicted molar refractivity (Wildman–Crippen MR) is 92.2 cm³/mol. The fraction of sp³-hybridized carbons (Fsp3) is 0.421. The average Bonchev–Trinajstić information content (AvgIpc) is 2.91. The van der Waals surface area contributed by atoms with Crippen molar-refractivity contribution >= 4 is 5.91 Å². The van der Waals surface area contributed by atoms with Crippen LogP contribution in [0.3, 0.4) is 0 Å². The van der Waals surface area contributed by atoms with Gasteiger partial charge in [-0.25, -0.2) is 0 Å². The summed E-state index contributed by atoms with van der Waals surface area (Å²) >= 11 is 0. The van der Waals surface area contributed by atoms with E-state index < -0.39 is 5.60 Å². The summed E-state index contributed by atoms with van der Waals surface area (Å²) in [6, 6.07) is 10.4. The maximum Gasteiger partial charge on any atom is 0.251 e. The van der Waals surface area contributed by atoms with Crippen LogP contribution in [0.4, 0.5) is 0 Å². The van der Waals surface area contributed by atoms with Crippen LogP contribution in [0.5, 0.6) is 5.75 Å². The van der Waals surface area contributed by atoms with Gasteiger partial charge >= 0.3 is 0 Å². The Labute approximate surface area is 142 Å². The van der Waals surface area contributed by atoms with E-state index in [0.29, 0.717) is 22.8 Å². The van der Waals surface area contributed by atoms with E-state index in [1.807, 2.05) is 20.8 Å². The number of carbonyl (C=O) groups is 1. The van der Waals surface area contributed by atoms with Gasteiger partial charge in [-0.15, -0.1) is 0 Å². The summed E-state index contributed by atoms with van der Waals surface area (Å²) in [6.07, 6.45) is 0. The molecule has 0 aliphatic carbocycles. The Hall–Kier alpha value is -2.27. The molecular formula is C19H25NO4. The van der Waals surface area contributed by atoms with E-state index in [1.165, 1.54) is 0 Å². The lowest BCUT2D eigenvalue weighted by Gasteiger charge is -2.22. The molecule has 0 radical (unpaired) electrons. The number of benzene rings is 1. The molecule has 1 aromatic carbocycles. The molecule has 2 aromatic rings. The van der Waals surface area contributed by atoms with Crippen LogP contribution in [-0.4, -0.2) is 23.2 Å². The van der Waals surface area contributed by atoms with Crippen LogP contribution in [-0.2, 0) is 5.60 Å². The molecule has 1 heterocycles. The molecule has 1 atom stereocenters. The van der Waals surface area contributed by atoms with E-state index in [4.69, 9.17) is 9.15 Å². The lowest BCUT2D eigenvalue weighted by Crippen LogP contribution is -2.38. The first-order valence-corrected chi connectivity index (χ1v) is 7.93. The number of aryl methyl sites for hydroxylation is 1. The fourth-order valence-electron chi connectivity index (χ4n) is 2.19. The quantitative estimate of drug-likeness (QED) is 0.881. The van der Waals surface area contributed by atoms with Crippen LogP contribution < -0.4 is 10.1 Å². The zero-order chi connectivity index (χ0) is 18.0. The standard InChI is InChI=1S/C19H25NO4/c1-13-6-11-16(23-13)19(5,22)12-20-17(21)14-7-9-15(10-8-14)24-18(2,3)4/h6-11,22H,12H2,1-5H3,(H,20,21). The highest BCUT2D eigenvalue weighted by Gasteiger charge is 2.27. The third-order valence-corrected chi connectivity index (χ3v) is 3.40. The Bertz CT molecular complexity index is 693. The van der Waals surface area contributed by atoms with Crippen LogP contribution in [0, 0.1) is 6.92 Å². The molecule has 5 nitrogen and oxygen atoms in total. The number of rotatable bonds is 5. The molecule has 1 amide bonds. The first-order valence-electron chi connectivity index (χ1n) is 7.93. The zero-order valence-electron chi connectivity index (χ0n) is 14.8. The topological polar surface area (TPSA) is 71.7 Å². The number of amides is 1. The molecule has 0 spiro atoms. The van der Waals surface area contributed by atoms with E-state index in [1.54, 1.807) is 50.2 Å². The van der Waals surface area contributed by atoms with Crippen LogP contribution in [0.1, 0.15) is 49.6 Å². The third-order valence-electron chi connectivity index (χ3n) is 3.40. The Morgan fingerprint density at radius 2 is 1.75 bits per heavy atom. The van der Waals surface area contributed by atoms with Gasteiger partial charge in [0.25, 0.3) is 5.91 Å². The third kappa shape index (κ3) is 4.86. The fourth-order valence-corrected chi connectivity index (χ4v) is 2.19. The molecule has 130 valence electrons. The second kappa shape index (κ2) is 6.69. The maximum absolute atomic E-state index is 12.2. The van der Waals surface area contributed by atoms with Gasteiger partial charge in [0.2, 0.25) is 0 Å². The maximum atomic E-state index is 12.2. The molecule has 0 fully saturated rings. The smallest absolute Gasteiger partial charge is 0.251 e. The van der Waals surface area contributed by atoms with Gasteiger partial charge in [-0.3, -0.25) is 4.79 Å². The number of aliphatic hydroxyl groups is 1. The lowest BCUT2D eigenvalue weighted by molar-refractivity contribution is 0.0323. The summed E-state index contributed by atoms with van der Waals surface area (Å²) in [6.45, 7) is 9.36. The summed E-state index contributed by atoms with van der Waals surface area (Å²) < 4.78 is 11.2. The van der Waals surface area contributed by atoms with Crippen molar-refractivity contribution in [3.8, 4) is 5.75 Å². The second-order valence-electron chi connectivity index (χ2n) is 7.11. The highest BCUT2D eigenvalue weighted by atomic mass is 16.5. The van der Waals surface area contributed by atoms with Gasteiger partial charge in [-0.05, 0) is 71.0 Å². The van der Waals surface area contributed by atoms with Gasteiger partial charge in [0.1, 0.15) is 28.5 Å². The Morgan fingerprint density at radius 3 is 2.25 bits per heavy atom. The largest absolute Gasteiger partial charge is 0.488 e. The highest BCUT2D eigenvalue weighted by molar-refractivity contribution is 5.94. The summed E-state index contributed by atoms with van der Waals surface area (Å²) in [5.74, 6) is 1.58. The molecule has 2 N–H and O–H groups in total. The molecule has 5 heteroatoms. The molecule has 0 saturated heterocycles. The van der Waals surface area contributed by atoms with E-state index in [2.05, 4.69) is 5.32 Å². The van der Waals surface area contributed by atoms with Crippen molar-refractivity contribution in [3.05, 3.63) is 53.5 Å². The minimum atomic E-state index is -1.26. The summed E-state index contributed by atoms with van der Waals surface area (Å²) in [5.41, 5.74) is -1.05. The predicted octanol–water partition coefficient (Wildman–Crippen LogP) is 3.40. The van der Waals surface area contributed by atoms with Gasteiger partial charge in [0.05, 0.1) is 6.54 Å². The van der Waals surface area contributed by atoms with Gasteiger partial charge in [0, 0.05) is 5.56 Å². The SMILES string of the molecule is Cc1ccc(C(C)(O)CNC(=O)c2ccc(OC(C)(C)C)cc2)o1. The van der Waals surface area contributed by atoms with Gasteiger partial charge in [0.15, 0.2) is 0 Å². The normalized spacial score (nSPS) is 14.1. The molecule has 0 aliphatic heterocycles. The molecule has 0 bridgehead atoms. The van der Waals surface area contributed by atoms with Gasteiger partial charge in [-0.2, -0.15) is 0 Å². The molecule has 1 unspecified atom stereocenters. The lowest BCUT2D eigenvalue weighted by atomic mass is 10.0. The first-order chi connectivity index (χ1) is 11.1. The second-order valence-corrected chi connectivity index (χ2v) is 7.11. The zero-order valence-corrected chi connectivity index (χ0v) is 14.8. The summed E-state index contributed by atoms with van der Waals surface area (Å²) in [7, 11) is 0. The average molecular weight is 331 g/mol. The van der Waals surface area contributed by atoms with Crippen molar-refractivity contribution in [2.24, 2.45) is 0 Å². The number of hydrogen-bond donors (Lipinski definition) is 2. The van der Waals surface area contributed by atoms with Crippen molar-refractivity contribution in [3.63, 3.8) is 0 Å². The van der Waals surface area contributed by atoms with Crippen LogP contribution in [0.25, 0.3) is 0 Å². The summed E-state index contributed by atoms with van der Waals surface area (Å²) in [4.78, 5) is 12.2. The van der Waals surface area contributed by atoms with E-state index in [0.717, 1.165) is 0 Å². The number of furan rings is 1. The van der Waals surface area contributed by atoms with Crippen molar-refractivity contribution in [2.45, 2.75) is 45.8 Å². The number of carbonyl (C=O) groups excluding carboxylic acids is 1. The molecule has 24 heavy (non-hydrogen) atoms. The number of nitrogens with one attached hydrogen (secondary N) is 1. The molecule has 2 rings (SSSR count). The minimum Gasteiger partial charge on any atom is -0.488 e. The van der Waals surface area contributed by atoms with E-state index in [-0.39, 0.29) is 18.1 Å². The monoisotopic (exact) mass is 331 g/mol. The van der Waals surface area contributed by atoms with Crippen molar-refractivity contribution < 1.29 is 19.1 Å². The Balaban J connectivity index is 1.97. The Morgan fingerprint density at radius 1 is 1.12 bits per heavy atom. The molecule has 0 aliphatic rings. The molecule has 1 aromatic heterocycles. The molecule has 0 saturated carbocycles. The van der Waals surface area contributed by atoms with Gasteiger partial charge in [-0.1, -0.05) is 0 Å². The van der Waals surface area contributed by atoms with Crippen LogP contribution in [0.15, 0.2) is 40.8 Å². The van der Waals surface area contributed by atoms with Gasteiger partial charge < -0.3 is 19.6 Å². The van der Waals surface area contributed by atoms with Crippen LogP contribution >= 0.6 is 0 Å². The number of hydrogen-bond acceptors (Lipinski definition) is 4. The number of ether oxygens (including phenoxy) is 1. The van der Waals surface area contributed by atoms with E-state index >= 15 is 0 Å². The molecular weight excluding hydrogens is 306 g/mol. The first kappa shape index (κ1) is 18.1. The summed E-state index contributed by atoms with van der Waals surface area (Å²) in [5, 5.41) is 13.2. The van der Waals surface area contributed by atoms with Crippen LogP contribution in [0.2, 0.25) is 0 Å². The Kier molecular flexibility index (Phi) is 5.04. The van der Waals surface area contributed by atoms with Crippen molar-refractivity contribution in [1.29, 1.82) is 0 Å². The minimum absolute atomic E-state index is 0.0546. The van der Waals surface area contributed by atoms with Crippen molar-refractivity contribution in [2.75, 3.05) is 6.54 Å². The van der Waals surface area contributed by atoms with Crippen molar-refractivity contribution in [1.82, 2.24) is 5.32 Å². The highest BCUT2D eigenvalue weighted by Crippen LogP contribution is 2.22.